The summed E-state index contributed by atoms with van der Waals surface area (Å²) < 4.78 is 10.7. The topological polar surface area (TPSA) is 64.6 Å². The van der Waals surface area contributed by atoms with Gasteiger partial charge < -0.3 is 14.8 Å². The van der Waals surface area contributed by atoms with Crippen LogP contribution in [0.4, 0.5) is 0 Å². The molecule has 5 nitrogen and oxygen atoms in total. The van der Waals surface area contributed by atoms with Gasteiger partial charge in [0.2, 0.25) is 0 Å². The Morgan fingerprint density at radius 2 is 1.79 bits per heavy atom. The predicted molar refractivity (Wildman–Crippen MR) is 91.8 cm³/mol. The monoisotopic (exact) mass is 347 g/mol. The molecule has 6 heteroatoms. The van der Waals surface area contributed by atoms with Gasteiger partial charge in [-0.1, -0.05) is 23.7 Å². The maximum absolute atomic E-state index is 11.9. The molecule has 0 radical (unpaired) electrons. The molecule has 0 saturated heterocycles. The minimum Gasteiger partial charge on any atom is -0.493 e. The van der Waals surface area contributed by atoms with Crippen LogP contribution in [0.2, 0.25) is 5.02 Å². The van der Waals surface area contributed by atoms with E-state index < -0.39 is 0 Å². The molecule has 0 bridgehead atoms. The Hall–Kier alpha value is -2.53. The molecular weight excluding hydrogens is 330 g/mol. The molecular formula is C18H18ClNO4. The summed E-state index contributed by atoms with van der Waals surface area (Å²) in [6.45, 7) is 1.71. The fraction of sp³-hybridized carbons (Fsp3) is 0.222. The molecule has 0 unspecified atom stereocenters. The number of carbonyl (C=O) groups excluding carboxylic acids is 2. The van der Waals surface area contributed by atoms with E-state index in [-0.39, 0.29) is 18.3 Å². The largest absolute Gasteiger partial charge is 0.493 e. The summed E-state index contributed by atoms with van der Waals surface area (Å²) in [4.78, 5) is 23.2. The molecule has 0 aliphatic rings. The first-order valence-corrected chi connectivity index (χ1v) is 7.70. The van der Waals surface area contributed by atoms with E-state index >= 15 is 0 Å². The zero-order chi connectivity index (χ0) is 17.5. The summed E-state index contributed by atoms with van der Waals surface area (Å²) in [5.74, 6) is 0.487. The molecule has 0 saturated carbocycles. The fourth-order valence-electron chi connectivity index (χ4n) is 2.00. The van der Waals surface area contributed by atoms with Crippen LogP contribution in [0.3, 0.4) is 0 Å². The fourth-order valence-corrected chi connectivity index (χ4v) is 2.13. The summed E-state index contributed by atoms with van der Waals surface area (Å²) in [5, 5.41) is 3.40. The lowest BCUT2D eigenvalue weighted by molar-refractivity contribution is -0.123. The Bertz CT molecular complexity index is 728. The number of amides is 1. The maximum atomic E-state index is 11.9. The van der Waals surface area contributed by atoms with E-state index in [1.807, 2.05) is 12.1 Å². The van der Waals surface area contributed by atoms with Gasteiger partial charge in [-0.05, 0) is 42.8 Å². The van der Waals surface area contributed by atoms with Crippen molar-refractivity contribution in [1.29, 1.82) is 0 Å². The standard InChI is InChI=1S/C18H18ClNO4/c1-12(21)14-5-8-16(17(9-14)23-2)24-11-18(22)20-10-13-3-6-15(19)7-4-13/h3-9H,10-11H2,1-2H3,(H,20,22). The lowest BCUT2D eigenvalue weighted by Crippen LogP contribution is -2.28. The van der Waals surface area contributed by atoms with E-state index in [2.05, 4.69) is 5.32 Å². The second kappa shape index (κ2) is 8.36. The quantitative estimate of drug-likeness (QED) is 0.781. The Labute approximate surface area is 145 Å². The third-order valence-corrected chi connectivity index (χ3v) is 3.58. The van der Waals surface area contributed by atoms with Crippen molar-refractivity contribution in [1.82, 2.24) is 5.32 Å². The number of ether oxygens (including phenoxy) is 2. The average Bonchev–Trinajstić information content (AvgIpc) is 2.59. The molecule has 2 rings (SSSR count). The molecule has 126 valence electrons. The van der Waals surface area contributed by atoms with E-state index in [0.717, 1.165) is 5.56 Å². The molecule has 0 aliphatic heterocycles. The summed E-state index contributed by atoms with van der Waals surface area (Å²) in [6, 6.07) is 12.0. The molecule has 0 fully saturated rings. The molecule has 24 heavy (non-hydrogen) atoms. The predicted octanol–water partition coefficient (Wildman–Crippen LogP) is 3.25. The number of halogens is 1. The number of methoxy groups -OCH3 is 1. The van der Waals surface area contributed by atoms with Gasteiger partial charge in [0, 0.05) is 17.1 Å². The number of rotatable bonds is 7. The van der Waals surface area contributed by atoms with Crippen LogP contribution in [-0.4, -0.2) is 25.4 Å². The Balaban J connectivity index is 1.89. The van der Waals surface area contributed by atoms with Gasteiger partial charge in [0.1, 0.15) is 0 Å². The third-order valence-electron chi connectivity index (χ3n) is 3.33. The van der Waals surface area contributed by atoms with Crippen LogP contribution >= 0.6 is 11.6 Å². The highest BCUT2D eigenvalue weighted by Crippen LogP contribution is 2.28. The second-order valence-corrected chi connectivity index (χ2v) is 5.55. The second-order valence-electron chi connectivity index (χ2n) is 5.11. The van der Waals surface area contributed by atoms with Crippen molar-refractivity contribution in [3.63, 3.8) is 0 Å². The minimum absolute atomic E-state index is 0.0689. The minimum atomic E-state index is -0.261. The number of hydrogen-bond acceptors (Lipinski definition) is 4. The average molecular weight is 348 g/mol. The van der Waals surface area contributed by atoms with Crippen molar-refractivity contribution in [2.24, 2.45) is 0 Å². The molecule has 2 aromatic carbocycles. The normalized spacial score (nSPS) is 10.1. The van der Waals surface area contributed by atoms with Gasteiger partial charge >= 0.3 is 0 Å². The lowest BCUT2D eigenvalue weighted by Gasteiger charge is -2.11. The molecule has 0 atom stereocenters. The lowest BCUT2D eigenvalue weighted by atomic mass is 10.1. The number of benzene rings is 2. The van der Waals surface area contributed by atoms with Crippen molar-refractivity contribution in [2.45, 2.75) is 13.5 Å². The van der Waals surface area contributed by atoms with E-state index in [4.69, 9.17) is 21.1 Å². The van der Waals surface area contributed by atoms with Gasteiger partial charge in [-0.2, -0.15) is 0 Å². The molecule has 1 N–H and O–H groups in total. The van der Waals surface area contributed by atoms with Crippen molar-refractivity contribution in [3.05, 3.63) is 58.6 Å². The molecule has 0 spiro atoms. The van der Waals surface area contributed by atoms with Crippen molar-refractivity contribution < 1.29 is 19.1 Å². The molecule has 0 aromatic heterocycles. The van der Waals surface area contributed by atoms with E-state index in [1.54, 1.807) is 30.3 Å². The Kier molecular flexibility index (Phi) is 6.21. The van der Waals surface area contributed by atoms with E-state index in [1.165, 1.54) is 14.0 Å². The zero-order valence-electron chi connectivity index (χ0n) is 13.5. The first kappa shape index (κ1) is 17.8. The Morgan fingerprint density at radius 3 is 2.42 bits per heavy atom. The summed E-state index contributed by atoms with van der Waals surface area (Å²) in [5.41, 5.74) is 1.46. The van der Waals surface area contributed by atoms with Gasteiger partial charge in [-0.15, -0.1) is 0 Å². The highest BCUT2D eigenvalue weighted by molar-refractivity contribution is 6.30. The Morgan fingerprint density at radius 1 is 1.08 bits per heavy atom. The van der Waals surface area contributed by atoms with Crippen molar-refractivity contribution in [3.8, 4) is 11.5 Å². The maximum Gasteiger partial charge on any atom is 0.258 e. The number of nitrogens with one attached hydrogen (secondary N) is 1. The third kappa shape index (κ3) is 4.99. The van der Waals surface area contributed by atoms with E-state index in [0.29, 0.717) is 28.6 Å². The van der Waals surface area contributed by atoms with Crippen LogP contribution in [0.25, 0.3) is 0 Å². The van der Waals surface area contributed by atoms with Crippen LogP contribution in [0.1, 0.15) is 22.8 Å². The number of carbonyl (C=O) groups is 2. The molecule has 2 aromatic rings. The molecule has 0 aliphatic carbocycles. The van der Waals surface area contributed by atoms with Crippen LogP contribution in [0, 0.1) is 0 Å². The van der Waals surface area contributed by atoms with Crippen molar-refractivity contribution in [2.75, 3.05) is 13.7 Å². The van der Waals surface area contributed by atoms with Crippen LogP contribution in [0.15, 0.2) is 42.5 Å². The van der Waals surface area contributed by atoms with Gasteiger partial charge in [0.25, 0.3) is 5.91 Å². The number of hydrogen-bond donors (Lipinski definition) is 1. The highest BCUT2D eigenvalue weighted by Gasteiger charge is 2.10. The molecule has 1 amide bonds. The van der Waals surface area contributed by atoms with Crippen LogP contribution in [0.5, 0.6) is 11.5 Å². The number of ketones is 1. The zero-order valence-corrected chi connectivity index (χ0v) is 14.2. The summed E-state index contributed by atoms with van der Waals surface area (Å²) >= 11 is 5.81. The summed E-state index contributed by atoms with van der Waals surface area (Å²) in [7, 11) is 1.48. The van der Waals surface area contributed by atoms with E-state index in [9.17, 15) is 9.59 Å². The first-order chi connectivity index (χ1) is 11.5. The van der Waals surface area contributed by atoms with Gasteiger partial charge in [-0.25, -0.2) is 0 Å². The number of Topliss-reactive ketones (excluding diaryl/α,β-unsaturated/α-hetero) is 1. The van der Waals surface area contributed by atoms with Gasteiger partial charge in [0.15, 0.2) is 23.9 Å². The smallest absolute Gasteiger partial charge is 0.258 e. The van der Waals surface area contributed by atoms with Gasteiger partial charge in [-0.3, -0.25) is 9.59 Å². The van der Waals surface area contributed by atoms with Gasteiger partial charge in [0.05, 0.1) is 7.11 Å². The molecule has 0 heterocycles. The first-order valence-electron chi connectivity index (χ1n) is 7.32. The highest BCUT2D eigenvalue weighted by atomic mass is 35.5. The SMILES string of the molecule is COc1cc(C(C)=O)ccc1OCC(=O)NCc1ccc(Cl)cc1. The van der Waals surface area contributed by atoms with Crippen molar-refractivity contribution >= 4 is 23.3 Å². The van der Waals surface area contributed by atoms with Crippen LogP contribution < -0.4 is 14.8 Å². The summed E-state index contributed by atoms with van der Waals surface area (Å²) in [6.07, 6.45) is 0. The van der Waals surface area contributed by atoms with Crippen LogP contribution in [-0.2, 0) is 11.3 Å².